The van der Waals surface area contributed by atoms with Gasteiger partial charge in [-0.05, 0) is 55.7 Å². The highest BCUT2D eigenvalue weighted by Gasteiger charge is 2.27. The highest BCUT2D eigenvalue weighted by Crippen LogP contribution is 2.26. The Bertz CT molecular complexity index is 1240. The van der Waals surface area contributed by atoms with Crippen molar-refractivity contribution in [2.75, 3.05) is 44.4 Å². The van der Waals surface area contributed by atoms with Gasteiger partial charge in [0.2, 0.25) is 26.0 Å². The third-order valence-electron chi connectivity index (χ3n) is 5.72. The Morgan fingerprint density at radius 3 is 2.26 bits per heavy atom. The van der Waals surface area contributed by atoms with Gasteiger partial charge in [0.15, 0.2) is 0 Å². The molecule has 9 nitrogen and oxygen atoms in total. The molecule has 0 saturated carbocycles. The number of anilines is 2. The number of nitrogens with zero attached hydrogens (tertiary/aromatic N) is 2. The van der Waals surface area contributed by atoms with Gasteiger partial charge in [-0.15, -0.1) is 0 Å². The Balaban J connectivity index is 1.69. The van der Waals surface area contributed by atoms with Crippen LogP contribution in [0.2, 0.25) is 0 Å². The van der Waals surface area contributed by atoms with E-state index in [0.29, 0.717) is 30.0 Å². The molecular weight excluding hydrogens is 476 g/mol. The maximum absolute atomic E-state index is 13.2. The Morgan fingerprint density at radius 1 is 0.941 bits per heavy atom. The van der Waals surface area contributed by atoms with E-state index in [1.165, 1.54) is 26.2 Å². The van der Waals surface area contributed by atoms with Crippen LogP contribution in [0.5, 0.6) is 0 Å². The molecule has 2 aromatic carbocycles. The molecular formula is C23H32N4O5S2. The summed E-state index contributed by atoms with van der Waals surface area (Å²) in [6.07, 6.45) is 3.78. The van der Waals surface area contributed by atoms with Crippen molar-refractivity contribution in [1.29, 1.82) is 0 Å². The Morgan fingerprint density at radius 2 is 1.62 bits per heavy atom. The van der Waals surface area contributed by atoms with Gasteiger partial charge >= 0.3 is 0 Å². The van der Waals surface area contributed by atoms with Crippen molar-refractivity contribution >= 4 is 37.3 Å². The second-order valence-corrected chi connectivity index (χ2v) is 12.6. The third kappa shape index (κ3) is 6.15. The lowest BCUT2D eigenvalue weighted by Crippen LogP contribution is -2.32. The topological polar surface area (TPSA) is 116 Å². The molecule has 0 aliphatic carbocycles. The Kier molecular flexibility index (Phi) is 8.34. The average Bonchev–Trinajstić information content (AvgIpc) is 3.09. The van der Waals surface area contributed by atoms with Crippen molar-refractivity contribution in [3.05, 3.63) is 48.0 Å². The molecule has 1 heterocycles. The summed E-state index contributed by atoms with van der Waals surface area (Å²) in [5, 5.41) is 5.63. The van der Waals surface area contributed by atoms with Crippen molar-refractivity contribution in [2.45, 2.75) is 42.4 Å². The minimum Gasteiger partial charge on any atom is -0.376 e. The molecule has 1 aliphatic heterocycles. The van der Waals surface area contributed by atoms with E-state index in [0.717, 1.165) is 30.0 Å². The first-order chi connectivity index (χ1) is 16.0. The molecule has 1 amide bonds. The molecule has 0 radical (unpaired) electrons. The van der Waals surface area contributed by atoms with Crippen LogP contribution >= 0.6 is 0 Å². The van der Waals surface area contributed by atoms with E-state index in [-0.39, 0.29) is 16.3 Å². The summed E-state index contributed by atoms with van der Waals surface area (Å²) in [6.45, 7) is 2.68. The molecule has 1 fully saturated rings. The molecule has 2 aromatic rings. The summed E-state index contributed by atoms with van der Waals surface area (Å²) in [5.74, 6) is -0.392. The standard InChI is InChI=1S/C23H32N4O5S2/c1-18-11-12-19(16-22(18)34(31,32)27-13-6-4-5-7-14-27)24-17-23(28)25-20-9-8-10-21(15-20)33(29,30)26(2)3/h8-12,15-16,24H,4-7,13-14,17H2,1-3H3,(H,25,28). The van der Waals surface area contributed by atoms with Crippen LogP contribution in [-0.4, -0.2) is 65.1 Å². The van der Waals surface area contributed by atoms with Crippen molar-refractivity contribution in [3.8, 4) is 0 Å². The molecule has 2 N–H and O–H groups in total. The van der Waals surface area contributed by atoms with Gasteiger partial charge in [0.25, 0.3) is 0 Å². The average molecular weight is 509 g/mol. The number of amides is 1. The Labute approximate surface area is 202 Å². The van der Waals surface area contributed by atoms with Crippen LogP contribution in [0, 0.1) is 6.92 Å². The van der Waals surface area contributed by atoms with Crippen molar-refractivity contribution in [1.82, 2.24) is 8.61 Å². The summed E-state index contributed by atoms with van der Waals surface area (Å²) < 4.78 is 53.7. The first-order valence-corrected chi connectivity index (χ1v) is 14.1. The van der Waals surface area contributed by atoms with Gasteiger partial charge in [-0.3, -0.25) is 4.79 Å². The number of aryl methyl sites for hydroxylation is 1. The van der Waals surface area contributed by atoms with Crippen LogP contribution in [0.15, 0.2) is 52.3 Å². The fourth-order valence-corrected chi connectivity index (χ4v) is 6.46. The molecule has 1 saturated heterocycles. The molecule has 1 aliphatic rings. The van der Waals surface area contributed by atoms with Gasteiger partial charge in [-0.25, -0.2) is 21.1 Å². The van der Waals surface area contributed by atoms with Crippen LogP contribution in [0.3, 0.4) is 0 Å². The fraction of sp³-hybridized carbons (Fsp3) is 0.435. The minimum atomic E-state index is -3.62. The van der Waals surface area contributed by atoms with E-state index >= 15 is 0 Å². The largest absolute Gasteiger partial charge is 0.376 e. The lowest BCUT2D eigenvalue weighted by atomic mass is 10.2. The molecule has 0 spiro atoms. The molecule has 186 valence electrons. The second kappa shape index (κ2) is 10.9. The zero-order valence-corrected chi connectivity index (χ0v) is 21.4. The number of benzene rings is 2. The summed E-state index contributed by atoms with van der Waals surface area (Å²) in [4.78, 5) is 12.8. The van der Waals surface area contributed by atoms with Gasteiger partial charge < -0.3 is 10.6 Å². The predicted octanol–water partition coefficient (Wildman–Crippen LogP) is 2.86. The molecule has 0 unspecified atom stereocenters. The van der Waals surface area contributed by atoms with Gasteiger partial charge in [-0.1, -0.05) is 25.0 Å². The number of carbonyl (C=O) groups excluding carboxylic acids is 1. The normalized spacial score (nSPS) is 15.6. The number of carbonyl (C=O) groups is 1. The van der Waals surface area contributed by atoms with E-state index in [2.05, 4.69) is 10.6 Å². The zero-order chi connectivity index (χ0) is 24.9. The lowest BCUT2D eigenvalue weighted by molar-refractivity contribution is -0.114. The number of sulfonamides is 2. The molecule has 11 heteroatoms. The smallest absolute Gasteiger partial charge is 0.243 e. The molecule has 0 atom stereocenters. The first-order valence-electron chi connectivity index (χ1n) is 11.2. The zero-order valence-electron chi connectivity index (χ0n) is 19.7. The number of hydrogen-bond acceptors (Lipinski definition) is 6. The van der Waals surface area contributed by atoms with E-state index in [4.69, 9.17) is 0 Å². The van der Waals surface area contributed by atoms with Crippen LogP contribution in [0.4, 0.5) is 11.4 Å². The number of nitrogens with one attached hydrogen (secondary N) is 2. The molecule has 0 bridgehead atoms. The highest BCUT2D eigenvalue weighted by molar-refractivity contribution is 7.89. The monoisotopic (exact) mass is 508 g/mol. The summed E-state index contributed by atoms with van der Waals surface area (Å²) in [5.41, 5.74) is 1.51. The lowest BCUT2D eigenvalue weighted by Gasteiger charge is -2.21. The van der Waals surface area contributed by atoms with Gasteiger partial charge in [0.05, 0.1) is 16.3 Å². The predicted molar refractivity (Wildman–Crippen MR) is 133 cm³/mol. The van der Waals surface area contributed by atoms with Crippen LogP contribution in [0.25, 0.3) is 0 Å². The maximum atomic E-state index is 13.2. The Hall–Kier alpha value is -2.47. The second-order valence-electron chi connectivity index (χ2n) is 8.52. The van der Waals surface area contributed by atoms with Crippen molar-refractivity contribution in [3.63, 3.8) is 0 Å². The van der Waals surface area contributed by atoms with Gasteiger partial charge in [-0.2, -0.15) is 4.31 Å². The summed E-state index contributed by atoms with van der Waals surface area (Å²) in [6, 6.07) is 11.0. The SMILES string of the molecule is Cc1ccc(NCC(=O)Nc2cccc(S(=O)(=O)N(C)C)c2)cc1S(=O)(=O)N1CCCCCC1. The van der Waals surface area contributed by atoms with Crippen LogP contribution < -0.4 is 10.6 Å². The highest BCUT2D eigenvalue weighted by atomic mass is 32.2. The third-order valence-corrected chi connectivity index (χ3v) is 9.57. The van der Waals surface area contributed by atoms with E-state index < -0.39 is 26.0 Å². The fourth-order valence-electron chi connectivity index (χ4n) is 3.74. The number of hydrogen-bond donors (Lipinski definition) is 2. The molecule has 3 rings (SSSR count). The van der Waals surface area contributed by atoms with Crippen molar-refractivity contribution in [2.24, 2.45) is 0 Å². The quantitative estimate of drug-likeness (QED) is 0.567. The minimum absolute atomic E-state index is 0.0742. The maximum Gasteiger partial charge on any atom is 0.243 e. The number of rotatable bonds is 8. The van der Waals surface area contributed by atoms with Crippen LogP contribution in [0.1, 0.15) is 31.2 Å². The van der Waals surface area contributed by atoms with Crippen molar-refractivity contribution < 1.29 is 21.6 Å². The van der Waals surface area contributed by atoms with E-state index in [9.17, 15) is 21.6 Å². The molecule has 34 heavy (non-hydrogen) atoms. The first kappa shape index (κ1) is 26.1. The van der Waals surface area contributed by atoms with E-state index in [1.807, 2.05) is 0 Å². The van der Waals surface area contributed by atoms with Gasteiger partial charge in [0.1, 0.15) is 0 Å². The van der Waals surface area contributed by atoms with E-state index in [1.54, 1.807) is 41.6 Å². The van der Waals surface area contributed by atoms with Crippen LogP contribution in [-0.2, 0) is 24.8 Å². The summed E-state index contributed by atoms with van der Waals surface area (Å²) in [7, 11) is -4.36. The summed E-state index contributed by atoms with van der Waals surface area (Å²) >= 11 is 0. The molecule has 0 aromatic heterocycles. The van der Waals surface area contributed by atoms with Gasteiger partial charge in [0, 0.05) is 38.6 Å².